The van der Waals surface area contributed by atoms with Gasteiger partial charge in [-0.15, -0.1) is 0 Å². The van der Waals surface area contributed by atoms with Crippen LogP contribution in [0, 0.1) is 0 Å². The second-order valence-electron chi connectivity index (χ2n) is 8.60. The van der Waals surface area contributed by atoms with E-state index >= 15 is 0 Å². The quantitative estimate of drug-likeness (QED) is 0.391. The summed E-state index contributed by atoms with van der Waals surface area (Å²) in [5.74, 6) is 0. The lowest BCUT2D eigenvalue weighted by Gasteiger charge is -2.25. The number of hydrogen-bond donors (Lipinski definition) is 1. The van der Waals surface area contributed by atoms with Crippen LogP contribution in [0.15, 0.2) is 91.0 Å². The fraction of sp³-hybridized carbons (Fsp3) is 0.379. The molecule has 1 aliphatic rings. The van der Waals surface area contributed by atoms with E-state index < -0.39 is 0 Å². The maximum absolute atomic E-state index is 9.42. The Morgan fingerprint density at radius 1 is 0.618 bits per heavy atom. The van der Waals surface area contributed by atoms with Gasteiger partial charge in [-0.2, -0.15) is 0 Å². The number of rotatable bonds is 13. The van der Waals surface area contributed by atoms with Gasteiger partial charge in [0, 0.05) is 6.61 Å². The van der Waals surface area contributed by atoms with Crippen molar-refractivity contribution in [1.29, 1.82) is 0 Å². The zero-order valence-electron chi connectivity index (χ0n) is 19.5. The zero-order valence-corrected chi connectivity index (χ0v) is 19.5. The normalized spacial score (nSPS) is 22.1. The molecule has 180 valence electrons. The minimum Gasteiger partial charge on any atom is -0.396 e. The number of aliphatic hydroxyl groups excluding tert-OH is 1. The second kappa shape index (κ2) is 13.4. The summed E-state index contributed by atoms with van der Waals surface area (Å²) in [5.41, 5.74) is 3.33. The summed E-state index contributed by atoms with van der Waals surface area (Å²) in [6.07, 6.45) is 0.415. The molecule has 4 rings (SSSR count). The fourth-order valence-corrected chi connectivity index (χ4v) is 4.27. The van der Waals surface area contributed by atoms with E-state index in [0.29, 0.717) is 39.3 Å². The summed E-state index contributed by atoms with van der Waals surface area (Å²) in [6, 6.07) is 30.4. The first-order chi connectivity index (χ1) is 16.8. The lowest BCUT2D eigenvalue weighted by molar-refractivity contribution is -0.0898. The van der Waals surface area contributed by atoms with Crippen molar-refractivity contribution < 1.29 is 24.1 Å². The first-order valence-corrected chi connectivity index (χ1v) is 12.0. The summed E-state index contributed by atoms with van der Waals surface area (Å²) in [7, 11) is 0. The van der Waals surface area contributed by atoms with Gasteiger partial charge in [0.1, 0.15) is 18.3 Å². The molecule has 0 unspecified atom stereocenters. The van der Waals surface area contributed by atoms with E-state index in [0.717, 1.165) is 16.7 Å². The predicted octanol–water partition coefficient (Wildman–Crippen LogP) is 4.91. The molecule has 3 aromatic rings. The third-order valence-corrected chi connectivity index (χ3v) is 6.02. The van der Waals surface area contributed by atoms with E-state index in [4.69, 9.17) is 18.9 Å². The number of ether oxygens (including phenoxy) is 4. The minimum absolute atomic E-state index is 0.121. The summed E-state index contributed by atoms with van der Waals surface area (Å²) < 4.78 is 25.3. The molecule has 3 aromatic carbocycles. The Labute approximate surface area is 202 Å². The van der Waals surface area contributed by atoms with Crippen LogP contribution in [0.4, 0.5) is 0 Å². The Morgan fingerprint density at radius 2 is 1.09 bits per heavy atom. The molecule has 0 radical (unpaired) electrons. The van der Waals surface area contributed by atoms with Crippen molar-refractivity contribution in [3.63, 3.8) is 0 Å². The molecular formula is C29H34O5. The molecule has 0 aromatic heterocycles. The Bertz CT molecular complexity index is 935. The highest BCUT2D eigenvalue weighted by atomic mass is 16.6. The monoisotopic (exact) mass is 462 g/mol. The van der Waals surface area contributed by atoms with Gasteiger partial charge in [-0.3, -0.25) is 0 Å². The zero-order chi connectivity index (χ0) is 23.4. The average Bonchev–Trinajstić information content (AvgIpc) is 3.22. The average molecular weight is 463 g/mol. The van der Waals surface area contributed by atoms with Crippen molar-refractivity contribution in [2.45, 2.75) is 57.1 Å². The molecule has 4 atom stereocenters. The first kappa shape index (κ1) is 24.6. The number of benzene rings is 3. The van der Waals surface area contributed by atoms with Crippen molar-refractivity contribution in [2.75, 3.05) is 13.2 Å². The minimum atomic E-state index is -0.275. The highest BCUT2D eigenvalue weighted by Gasteiger charge is 2.46. The van der Waals surface area contributed by atoms with Gasteiger partial charge < -0.3 is 24.1 Å². The van der Waals surface area contributed by atoms with E-state index in [1.54, 1.807) is 0 Å². The summed E-state index contributed by atoms with van der Waals surface area (Å²) >= 11 is 0. The van der Waals surface area contributed by atoms with Crippen molar-refractivity contribution in [3.8, 4) is 0 Å². The SMILES string of the molecule is OCCC[C@H]1O[C@H](COCc2ccccc2)[C@@H](OCc2ccccc2)[C@@H]1OCc1ccccc1. The van der Waals surface area contributed by atoms with Crippen LogP contribution in [-0.2, 0) is 38.8 Å². The highest BCUT2D eigenvalue weighted by Crippen LogP contribution is 2.31. The Morgan fingerprint density at radius 3 is 1.59 bits per heavy atom. The standard InChI is InChI=1S/C29H34O5/c30-18-10-17-26-28(32-20-24-13-6-2-7-14-24)29(33-21-25-15-8-3-9-16-25)27(34-26)22-31-19-23-11-4-1-5-12-23/h1-9,11-16,26-30H,10,17-22H2/t26-,27-,28-,29-/m1/s1. The topological polar surface area (TPSA) is 57.2 Å². The molecule has 34 heavy (non-hydrogen) atoms. The smallest absolute Gasteiger partial charge is 0.115 e. The van der Waals surface area contributed by atoms with Gasteiger partial charge in [0.05, 0.1) is 32.5 Å². The van der Waals surface area contributed by atoms with Gasteiger partial charge in [-0.1, -0.05) is 91.0 Å². The molecule has 0 amide bonds. The van der Waals surface area contributed by atoms with Crippen LogP contribution < -0.4 is 0 Å². The van der Waals surface area contributed by atoms with Crippen molar-refractivity contribution in [1.82, 2.24) is 0 Å². The fourth-order valence-electron chi connectivity index (χ4n) is 4.27. The third-order valence-electron chi connectivity index (χ3n) is 6.02. The van der Waals surface area contributed by atoms with Crippen molar-refractivity contribution in [3.05, 3.63) is 108 Å². The van der Waals surface area contributed by atoms with Gasteiger partial charge in [-0.25, -0.2) is 0 Å². The molecule has 1 fully saturated rings. The van der Waals surface area contributed by atoms with Crippen LogP contribution in [0.5, 0.6) is 0 Å². The van der Waals surface area contributed by atoms with Gasteiger partial charge in [0.25, 0.3) is 0 Å². The summed E-state index contributed by atoms with van der Waals surface area (Å²) in [4.78, 5) is 0. The Balaban J connectivity index is 1.45. The second-order valence-corrected chi connectivity index (χ2v) is 8.60. The lowest BCUT2D eigenvalue weighted by atomic mass is 10.0. The molecular weight excluding hydrogens is 428 g/mol. The van der Waals surface area contributed by atoms with Crippen LogP contribution >= 0.6 is 0 Å². The molecule has 0 saturated carbocycles. The predicted molar refractivity (Wildman–Crippen MR) is 131 cm³/mol. The van der Waals surface area contributed by atoms with Gasteiger partial charge >= 0.3 is 0 Å². The first-order valence-electron chi connectivity index (χ1n) is 12.0. The molecule has 1 N–H and O–H groups in total. The van der Waals surface area contributed by atoms with Gasteiger partial charge in [0.15, 0.2) is 0 Å². The summed E-state index contributed by atoms with van der Waals surface area (Å²) in [5, 5.41) is 9.42. The van der Waals surface area contributed by atoms with E-state index in [2.05, 4.69) is 36.4 Å². The van der Waals surface area contributed by atoms with E-state index in [-0.39, 0.29) is 31.0 Å². The van der Waals surface area contributed by atoms with Crippen LogP contribution in [0.25, 0.3) is 0 Å². The molecule has 0 aliphatic carbocycles. The third kappa shape index (κ3) is 7.23. The van der Waals surface area contributed by atoms with Crippen LogP contribution in [-0.4, -0.2) is 42.7 Å². The van der Waals surface area contributed by atoms with Crippen molar-refractivity contribution in [2.24, 2.45) is 0 Å². The van der Waals surface area contributed by atoms with E-state index in [9.17, 15) is 5.11 Å². The molecule has 0 bridgehead atoms. The molecule has 1 saturated heterocycles. The van der Waals surface area contributed by atoms with Crippen LogP contribution in [0.1, 0.15) is 29.5 Å². The van der Waals surface area contributed by atoms with Gasteiger partial charge in [-0.05, 0) is 29.5 Å². The largest absolute Gasteiger partial charge is 0.396 e. The summed E-state index contributed by atoms with van der Waals surface area (Å²) in [6.45, 7) is 2.00. The Kier molecular flexibility index (Phi) is 9.67. The van der Waals surface area contributed by atoms with E-state index in [1.807, 2.05) is 54.6 Å². The molecule has 1 heterocycles. The number of aliphatic hydroxyl groups is 1. The number of hydrogen-bond acceptors (Lipinski definition) is 5. The molecule has 0 spiro atoms. The molecule has 5 heteroatoms. The maximum atomic E-state index is 9.42. The van der Waals surface area contributed by atoms with E-state index in [1.165, 1.54) is 0 Å². The Hall–Kier alpha value is -2.54. The molecule has 5 nitrogen and oxygen atoms in total. The van der Waals surface area contributed by atoms with Gasteiger partial charge in [0.2, 0.25) is 0 Å². The molecule has 1 aliphatic heterocycles. The lowest BCUT2D eigenvalue weighted by Crippen LogP contribution is -2.39. The van der Waals surface area contributed by atoms with Crippen LogP contribution in [0.3, 0.4) is 0 Å². The highest BCUT2D eigenvalue weighted by molar-refractivity contribution is 5.15. The maximum Gasteiger partial charge on any atom is 0.115 e. The van der Waals surface area contributed by atoms with Crippen molar-refractivity contribution >= 4 is 0 Å². The van der Waals surface area contributed by atoms with Crippen LogP contribution in [0.2, 0.25) is 0 Å².